The number of aldehydes is 1. The van der Waals surface area contributed by atoms with E-state index in [1.54, 1.807) is 6.07 Å². The Morgan fingerprint density at radius 3 is 2.69 bits per heavy atom. The van der Waals surface area contributed by atoms with Gasteiger partial charge in [-0.3, -0.25) is 4.79 Å². The molecule has 0 amide bonds. The number of hydrogen-bond acceptors (Lipinski definition) is 2. The second kappa shape index (κ2) is 3.63. The minimum absolute atomic E-state index is 0.0611. The highest BCUT2D eigenvalue weighted by Gasteiger charge is 2.07. The van der Waals surface area contributed by atoms with Crippen LogP contribution in [-0.4, -0.2) is 6.29 Å². The zero-order valence-electron chi connectivity index (χ0n) is 6.75. The van der Waals surface area contributed by atoms with Crippen molar-refractivity contribution >= 4 is 12.4 Å². The Morgan fingerprint density at radius 1 is 1.54 bits per heavy atom. The standard InChI is InChI=1S/C10H6FNO/c1-2-8-3-7(5-12)4-10(11)9(8)6-13/h2-4,6H,1H2. The Balaban J connectivity index is 3.48. The lowest BCUT2D eigenvalue weighted by Crippen LogP contribution is -1.93. The van der Waals surface area contributed by atoms with Crippen LogP contribution in [-0.2, 0) is 0 Å². The molecule has 0 heterocycles. The first-order valence-electron chi connectivity index (χ1n) is 3.54. The van der Waals surface area contributed by atoms with Crippen LogP contribution in [0.25, 0.3) is 6.08 Å². The fourth-order valence-corrected chi connectivity index (χ4v) is 0.997. The van der Waals surface area contributed by atoms with Crippen LogP contribution in [0.1, 0.15) is 21.5 Å². The molecular formula is C10H6FNO. The molecule has 0 aliphatic heterocycles. The summed E-state index contributed by atoms with van der Waals surface area (Å²) in [7, 11) is 0. The molecule has 0 radical (unpaired) electrons. The summed E-state index contributed by atoms with van der Waals surface area (Å²) in [6.45, 7) is 3.42. The highest BCUT2D eigenvalue weighted by molar-refractivity contribution is 5.82. The highest BCUT2D eigenvalue weighted by atomic mass is 19.1. The summed E-state index contributed by atoms with van der Waals surface area (Å²) in [5.41, 5.74) is 0.457. The maximum absolute atomic E-state index is 13.1. The van der Waals surface area contributed by atoms with Crippen LogP contribution in [0.4, 0.5) is 4.39 Å². The Morgan fingerprint density at radius 2 is 2.23 bits per heavy atom. The van der Waals surface area contributed by atoms with Crippen LogP contribution in [0.2, 0.25) is 0 Å². The quantitative estimate of drug-likeness (QED) is 0.646. The van der Waals surface area contributed by atoms with Gasteiger partial charge >= 0.3 is 0 Å². The number of nitriles is 1. The van der Waals surface area contributed by atoms with E-state index in [1.165, 1.54) is 12.1 Å². The molecule has 0 unspecified atom stereocenters. The van der Waals surface area contributed by atoms with Gasteiger partial charge in [-0.05, 0) is 17.7 Å². The summed E-state index contributed by atoms with van der Waals surface area (Å²) in [5.74, 6) is -0.691. The van der Waals surface area contributed by atoms with E-state index in [0.717, 1.165) is 6.07 Å². The largest absolute Gasteiger partial charge is 0.298 e. The minimum Gasteiger partial charge on any atom is -0.298 e. The van der Waals surface area contributed by atoms with Gasteiger partial charge < -0.3 is 0 Å². The predicted octanol–water partition coefficient (Wildman–Crippen LogP) is 2.15. The molecule has 0 aliphatic carbocycles. The third-order valence-electron chi connectivity index (χ3n) is 1.63. The highest BCUT2D eigenvalue weighted by Crippen LogP contribution is 2.15. The fraction of sp³-hybridized carbons (Fsp3) is 0. The molecular weight excluding hydrogens is 169 g/mol. The number of nitrogens with zero attached hydrogens (tertiary/aromatic N) is 1. The molecule has 0 aromatic heterocycles. The van der Waals surface area contributed by atoms with E-state index in [0.29, 0.717) is 11.8 Å². The Kier molecular flexibility index (Phi) is 2.56. The predicted molar refractivity (Wildman–Crippen MR) is 46.6 cm³/mol. The van der Waals surface area contributed by atoms with Crippen molar-refractivity contribution in [1.82, 2.24) is 0 Å². The molecule has 0 N–H and O–H groups in total. The first-order valence-corrected chi connectivity index (χ1v) is 3.54. The van der Waals surface area contributed by atoms with Crippen molar-refractivity contribution in [2.24, 2.45) is 0 Å². The van der Waals surface area contributed by atoms with Gasteiger partial charge in [0, 0.05) is 0 Å². The summed E-state index contributed by atoms with van der Waals surface area (Å²) in [6.07, 6.45) is 1.75. The van der Waals surface area contributed by atoms with Gasteiger partial charge in [-0.25, -0.2) is 4.39 Å². The van der Waals surface area contributed by atoms with Crippen molar-refractivity contribution in [3.8, 4) is 6.07 Å². The number of halogens is 1. The molecule has 0 saturated heterocycles. The SMILES string of the molecule is C=Cc1cc(C#N)cc(F)c1C=O. The minimum atomic E-state index is -0.691. The van der Waals surface area contributed by atoms with Crippen LogP contribution >= 0.6 is 0 Å². The number of carbonyl (C=O) groups is 1. The Hall–Kier alpha value is -1.95. The van der Waals surface area contributed by atoms with Crippen molar-refractivity contribution < 1.29 is 9.18 Å². The molecule has 0 fully saturated rings. The molecule has 0 bridgehead atoms. The number of carbonyl (C=O) groups excluding carboxylic acids is 1. The van der Waals surface area contributed by atoms with Crippen molar-refractivity contribution in [3.63, 3.8) is 0 Å². The van der Waals surface area contributed by atoms with Crippen LogP contribution in [0.15, 0.2) is 18.7 Å². The van der Waals surface area contributed by atoms with Gasteiger partial charge in [0.15, 0.2) is 6.29 Å². The van der Waals surface area contributed by atoms with Crippen molar-refractivity contribution in [2.45, 2.75) is 0 Å². The zero-order chi connectivity index (χ0) is 9.84. The summed E-state index contributed by atoms with van der Waals surface area (Å²) in [4.78, 5) is 10.4. The van der Waals surface area contributed by atoms with E-state index < -0.39 is 5.82 Å². The average Bonchev–Trinajstić information content (AvgIpc) is 2.16. The van der Waals surface area contributed by atoms with Gasteiger partial charge in [-0.15, -0.1) is 0 Å². The maximum Gasteiger partial charge on any atom is 0.153 e. The monoisotopic (exact) mass is 175 g/mol. The number of rotatable bonds is 2. The van der Waals surface area contributed by atoms with Gasteiger partial charge in [0.25, 0.3) is 0 Å². The molecule has 1 aromatic rings. The van der Waals surface area contributed by atoms with Crippen LogP contribution in [0, 0.1) is 17.1 Å². The molecule has 13 heavy (non-hydrogen) atoms. The van der Waals surface area contributed by atoms with E-state index in [-0.39, 0.29) is 11.1 Å². The third-order valence-corrected chi connectivity index (χ3v) is 1.63. The fourth-order valence-electron chi connectivity index (χ4n) is 0.997. The van der Waals surface area contributed by atoms with E-state index in [4.69, 9.17) is 5.26 Å². The van der Waals surface area contributed by atoms with E-state index >= 15 is 0 Å². The first kappa shape index (κ1) is 9.14. The molecule has 3 heteroatoms. The topological polar surface area (TPSA) is 40.9 Å². The van der Waals surface area contributed by atoms with E-state index in [9.17, 15) is 9.18 Å². The summed E-state index contributed by atoms with van der Waals surface area (Å²) < 4.78 is 13.1. The zero-order valence-corrected chi connectivity index (χ0v) is 6.75. The average molecular weight is 175 g/mol. The van der Waals surface area contributed by atoms with Crippen LogP contribution in [0.5, 0.6) is 0 Å². The van der Waals surface area contributed by atoms with Gasteiger partial charge in [0.05, 0.1) is 17.2 Å². The van der Waals surface area contributed by atoms with Gasteiger partial charge in [0.2, 0.25) is 0 Å². The van der Waals surface area contributed by atoms with Crippen molar-refractivity contribution in [2.75, 3.05) is 0 Å². The molecule has 0 aliphatic rings. The molecule has 64 valence electrons. The smallest absolute Gasteiger partial charge is 0.153 e. The molecule has 0 saturated carbocycles. The number of benzene rings is 1. The van der Waals surface area contributed by atoms with Crippen LogP contribution in [0.3, 0.4) is 0 Å². The summed E-state index contributed by atoms with van der Waals surface area (Å²) in [5, 5.41) is 8.51. The summed E-state index contributed by atoms with van der Waals surface area (Å²) >= 11 is 0. The lowest BCUT2D eigenvalue weighted by Gasteiger charge is -2.00. The molecule has 1 aromatic carbocycles. The van der Waals surface area contributed by atoms with Crippen molar-refractivity contribution in [3.05, 3.63) is 41.2 Å². The normalized spacial score (nSPS) is 8.92. The molecule has 0 atom stereocenters. The van der Waals surface area contributed by atoms with Gasteiger partial charge in [0.1, 0.15) is 5.82 Å². The lowest BCUT2D eigenvalue weighted by molar-refractivity contribution is 0.111. The Labute approximate surface area is 74.9 Å². The molecule has 2 nitrogen and oxygen atoms in total. The number of hydrogen-bond donors (Lipinski definition) is 0. The van der Waals surface area contributed by atoms with E-state index in [2.05, 4.69) is 6.58 Å². The second-order valence-corrected chi connectivity index (χ2v) is 2.39. The third kappa shape index (κ3) is 1.62. The molecule has 1 rings (SSSR count). The maximum atomic E-state index is 13.1. The Bertz CT molecular complexity index is 404. The van der Waals surface area contributed by atoms with Crippen molar-refractivity contribution in [1.29, 1.82) is 5.26 Å². The van der Waals surface area contributed by atoms with E-state index in [1.807, 2.05) is 0 Å². The summed E-state index contributed by atoms with van der Waals surface area (Å²) in [6, 6.07) is 4.23. The van der Waals surface area contributed by atoms with Gasteiger partial charge in [-0.1, -0.05) is 12.7 Å². The lowest BCUT2D eigenvalue weighted by atomic mass is 10.0. The second-order valence-electron chi connectivity index (χ2n) is 2.39. The van der Waals surface area contributed by atoms with Gasteiger partial charge in [-0.2, -0.15) is 5.26 Å². The van der Waals surface area contributed by atoms with Crippen LogP contribution < -0.4 is 0 Å². The first-order chi connectivity index (χ1) is 6.22. The molecule has 0 spiro atoms.